The van der Waals surface area contributed by atoms with Gasteiger partial charge in [-0.05, 0) is 44.6 Å². The lowest BCUT2D eigenvalue weighted by Gasteiger charge is -2.39. The maximum absolute atomic E-state index is 9.36. The molecule has 1 aliphatic carbocycles. The number of aliphatic hydroxyl groups excluding tert-OH is 1. The van der Waals surface area contributed by atoms with Crippen molar-refractivity contribution in [2.75, 3.05) is 26.2 Å². The summed E-state index contributed by atoms with van der Waals surface area (Å²) in [5.41, 5.74) is 0. The van der Waals surface area contributed by atoms with Crippen molar-refractivity contribution in [1.29, 1.82) is 0 Å². The molecule has 1 aliphatic rings. The largest absolute Gasteiger partial charge is 0.395 e. The van der Waals surface area contributed by atoms with Crippen LogP contribution in [0.3, 0.4) is 0 Å². The van der Waals surface area contributed by atoms with Crippen molar-refractivity contribution in [2.45, 2.75) is 77.8 Å². The van der Waals surface area contributed by atoms with Gasteiger partial charge in [-0.3, -0.25) is 4.90 Å². The summed E-state index contributed by atoms with van der Waals surface area (Å²) >= 11 is 0. The van der Waals surface area contributed by atoms with Crippen LogP contribution in [0.5, 0.6) is 0 Å². The summed E-state index contributed by atoms with van der Waals surface area (Å²) < 4.78 is 0. The highest BCUT2D eigenvalue weighted by Crippen LogP contribution is 2.26. The van der Waals surface area contributed by atoms with Crippen molar-refractivity contribution < 1.29 is 5.11 Å². The first-order valence-corrected chi connectivity index (χ1v) is 8.85. The molecule has 0 aliphatic heterocycles. The van der Waals surface area contributed by atoms with Gasteiger partial charge in [0.2, 0.25) is 0 Å². The zero-order valence-corrected chi connectivity index (χ0v) is 13.9. The molecule has 2 N–H and O–H groups in total. The number of rotatable bonds is 10. The monoisotopic (exact) mass is 284 g/mol. The predicted octanol–water partition coefficient (Wildman–Crippen LogP) is 3.03. The van der Waals surface area contributed by atoms with Crippen LogP contribution >= 0.6 is 0 Å². The van der Waals surface area contributed by atoms with Gasteiger partial charge in [-0.25, -0.2) is 0 Å². The third-order valence-corrected chi connectivity index (χ3v) is 4.88. The molecule has 120 valence electrons. The Labute approximate surface area is 126 Å². The summed E-state index contributed by atoms with van der Waals surface area (Å²) in [6, 6.07) is 1.33. The normalized spacial score (nSPS) is 23.7. The average molecular weight is 284 g/mol. The molecule has 0 aromatic carbocycles. The Kier molecular flexibility index (Phi) is 9.49. The predicted molar refractivity (Wildman–Crippen MR) is 87.1 cm³/mol. The third kappa shape index (κ3) is 5.71. The van der Waals surface area contributed by atoms with E-state index in [1.807, 2.05) is 0 Å². The molecule has 2 atom stereocenters. The summed E-state index contributed by atoms with van der Waals surface area (Å²) in [7, 11) is 0. The molecule has 0 amide bonds. The van der Waals surface area contributed by atoms with E-state index in [1.54, 1.807) is 0 Å². The highest BCUT2D eigenvalue weighted by atomic mass is 16.3. The van der Waals surface area contributed by atoms with Gasteiger partial charge in [-0.1, -0.05) is 33.6 Å². The van der Waals surface area contributed by atoms with Crippen molar-refractivity contribution >= 4 is 0 Å². The molecule has 0 aromatic heterocycles. The second-order valence-corrected chi connectivity index (χ2v) is 6.29. The Morgan fingerprint density at radius 2 is 1.85 bits per heavy atom. The van der Waals surface area contributed by atoms with Crippen LogP contribution in [0.2, 0.25) is 0 Å². The first-order valence-electron chi connectivity index (χ1n) is 8.85. The van der Waals surface area contributed by atoms with Gasteiger partial charge in [0.25, 0.3) is 0 Å². The molecular formula is C17H36N2O. The van der Waals surface area contributed by atoms with Gasteiger partial charge in [0.15, 0.2) is 0 Å². The Morgan fingerprint density at radius 3 is 2.45 bits per heavy atom. The standard InChI is InChI=1S/C17H36N2O/c1-4-11-18-17-10-8-7-9-15(17)14-19(12-13-20)16(5-2)6-3/h15-18,20H,4-14H2,1-3H3. The molecule has 0 saturated heterocycles. The Hall–Kier alpha value is -0.120. The fourth-order valence-corrected chi connectivity index (χ4v) is 3.68. The first kappa shape index (κ1) is 17.9. The quantitative estimate of drug-likeness (QED) is 0.647. The second-order valence-electron chi connectivity index (χ2n) is 6.29. The van der Waals surface area contributed by atoms with Crippen molar-refractivity contribution in [1.82, 2.24) is 10.2 Å². The molecule has 3 nitrogen and oxygen atoms in total. The van der Waals surface area contributed by atoms with E-state index in [2.05, 4.69) is 31.0 Å². The summed E-state index contributed by atoms with van der Waals surface area (Å²) in [4.78, 5) is 2.54. The second kappa shape index (κ2) is 10.6. The number of nitrogens with one attached hydrogen (secondary N) is 1. The Morgan fingerprint density at radius 1 is 1.15 bits per heavy atom. The molecule has 1 rings (SSSR count). The lowest BCUT2D eigenvalue weighted by atomic mass is 9.83. The minimum absolute atomic E-state index is 0.288. The molecule has 0 heterocycles. The van der Waals surface area contributed by atoms with Crippen molar-refractivity contribution in [3.63, 3.8) is 0 Å². The van der Waals surface area contributed by atoms with Crippen LogP contribution in [0.15, 0.2) is 0 Å². The maximum atomic E-state index is 9.36. The summed E-state index contributed by atoms with van der Waals surface area (Å²) in [5.74, 6) is 0.766. The number of hydrogen-bond acceptors (Lipinski definition) is 3. The molecule has 20 heavy (non-hydrogen) atoms. The first-order chi connectivity index (χ1) is 9.76. The molecule has 0 bridgehead atoms. The molecule has 0 spiro atoms. The van der Waals surface area contributed by atoms with Crippen LogP contribution in [-0.2, 0) is 0 Å². The molecule has 2 unspecified atom stereocenters. The highest BCUT2D eigenvalue weighted by molar-refractivity contribution is 4.84. The van der Waals surface area contributed by atoms with E-state index in [0.29, 0.717) is 12.1 Å². The van der Waals surface area contributed by atoms with E-state index in [-0.39, 0.29) is 6.61 Å². The lowest BCUT2D eigenvalue weighted by molar-refractivity contribution is 0.100. The van der Waals surface area contributed by atoms with Gasteiger partial charge < -0.3 is 10.4 Å². The zero-order chi connectivity index (χ0) is 14.8. The van der Waals surface area contributed by atoms with Crippen LogP contribution in [0, 0.1) is 5.92 Å². The van der Waals surface area contributed by atoms with E-state index in [9.17, 15) is 5.11 Å². The van der Waals surface area contributed by atoms with Crippen LogP contribution in [0.1, 0.15) is 65.7 Å². The van der Waals surface area contributed by atoms with Crippen molar-refractivity contribution in [2.24, 2.45) is 5.92 Å². The fraction of sp³-hybridized carbons (Fsp3) is 1.00. The smallest absolute Gasteiger partial charge is 0.0558 e. The van der Waals surface area contributed by atoms with Crippen LogP contribution in [-0.4, -0.2) is 48.3 Å². The van der Waals surface area contributed by atoms with Gasteiger partial charge in [0.1, 0.15) is 0 Å². The van der Waals surface area contributed by atoms with E-state index in [0.717, 1.165) is 25.6 Å². The maximum Gasteiger partial charge on any atom is 0.0558 e. The Bertz CT molecular complexity index is 231. The van der Waals surface area contributed by atoms with Crippen molar-refractivity contribution in [3.05, 3.63) is 0 Å². The number of aliphatic hydroxyl groups is 1. The van der Waals surface area contributed by atoms with Gasteiger partial charge in [0, 0.05) is 25.2 Å². The number of nitrogens with zero attached hydrogens (tertiary/aromatic N) is 1. The van der Waals surface area contributed by atoms with Gasteiger partial charge in [0.05, 0.1) is 6.61 Å². The minimum Gasteiger partial charge on any atom is -0.395 e. The number of hydrogen-bond donors (Lipinski definition) is 2. The SMILES string of the molecule is CCCNC1CCCCC1CN(CCO)C(CC)CC. The molecule has 1 fully saturated rings. The van der Waals surface area contributed by atoms with E-state index < -0.39 is 0 Å². The minimum atomic E-state index is 0.288. The zero-order valence-electron chi connectivity index (χ0n) is 13.9. The summed E-state index contributed by atoms with van der Waals surface area (Å²) in [6.45, 7) is 10.2. The summed E-state index contributed by atoms with van der Waals surface area (Å²) in [5, 5.41) is 13.1. The van der Waals surface area contributed by atoms with Crippen LogP contribution in [0.25, 0.3) is 0 Å². The molecular weight excluding hydrogens is 248 g/mol. The Balaban J connectivity index is 2.58. The fourth-order valence-electron chi connectivity index (χ4n) is 3.68. The summed E-state index contributed by atoms with van der Waals surface area (Å²) in [6.07, 6.45) is 9.04. The van der Waals surface area contributed by atoms with E-state index in [4.69, 9.17) is 0 Å². The van der Waals surface area contributed by atoms with E-state index in [1.165, 1.54) is 44.9 Å². The van der Waals surface area contributed by atoms with E-state index >= 15 is 0 Å². The average Bonchev–Trinajstić information content (AvgIpc) is 2.48. The van der Waals surface area contributed by atoms with Crippen LogP contribution < -0.4 is 5.32 Å². The molecule has 0 radical (unpaired) electrons. The molecule has 0 aromatic rings. The van der Waals surface area contributed by atoms with Gasteiger partial charge in [-0.15, -0.1) is 0 Å². The molecule has 3 heteroatoms. The molecule has 1 saturated carbocycles. The van der Waals surface area contributed by atoms with Crippen LogP contribution in [0.4, 0.5) is 0 Å². The third-order valence-electron chi connectivity index (χ3n) is 4.88. The van der Waals surface area contributed by atoms with Gasteiger partial charge in [-0.2, -0.15) is 0 Å². The van der Waals surface area contributed by atoms with Crippen molar-refractivity contribution in [3.8, 4) is 0 Å². The highest BCUT2D eigenvalue weighted by Gasteiger charge is 2.27. The van der Waals surface area contributed by atoms with Gasteiger partial charge >= 0.3 is 0 Å². The topological polar surface area (TPSA) is 35.5 Å². The lowest BCUT2D eigenvalue weighted by Crippen LogP contribution is -2.47.